The molecule has 0 atom stereocenters. The van der Waals surface area contributed by atoms with Crippen LogP contribution >= 0.6 is 0 Å². The Labute approximate surface area is 124 Å². The van der Waals surface area contributed by atoms with Crippen LogP contribution in [0.2, 0.25) is 0 Å². The van der Waals surface area contributed by atoms with Gasteiger partial charge in [-0.2, -0.15) is 0 Å². The van der Waals surface area contributed by atoms with Crippen molar-refractivity contribution in [2.75, 3.05) is 39.1 Å². The Balaban J connectivity index is 2.92. The molecule has 2 N–H and O–H groups in total. The molecule has 1 rings (SSSR count). The lowest BCUT2D eigenvalue weighted by Crippen LogP contribution is -2.39. The molecule has 0 aliphatic carbocycles. The van der Waals surface area contributed by atoms with Crippen LogP contribution in [-0.2, 0) is 14.3 Å². The summed E-state index contributed by atoms with van der Waals surface area (Å²) in [7, 11) is 1.53. The summed E-state index contributed by atoms with van der Waals surface area (Å²) in [6.07, 6.45) is 1.48. The Bertz CT molecular complexity index is 505. The number of aromatic nitrogens is 1. The van der Waals surface area contributed by atoms with E-state index in [-0.39, 0.29) is 25.6 Å². The summed E-state index contributed by atoms with van der Waals surface area (Å²) in [5.74, 6) is -0.783. The van der Waals surface area contributed by atoms with Gasteiger partial charge in [-0.3, -0.25) is 14.6 Å². The number of aryl methyl sites for hydroxylation is 1. The summed E-state index contributed by atoms with van der Waals surface area (Å²) >= 11 is 0. The summed E-state index contributed by atoms with van der Waals surface area (Å²) < 4.78 is 9.85. The summed E-state index contributed by atoms with van der Waals surface area (Å²) in [5.41, 5.74) is 6.99. The van der Waals surface area contributed by atoms with Crippen LogP contribution in [0.5, 0.6) is 0 Å². The molecule has 0 saturated carbocycles. The van der Waals surface area contributed by atoms with Crippen molar-refractivity contribution in [3.8, 4) is 0 Å². The quantitative estimate of drug-likeness (QED) is 0.741. The molecule has 0 bridgehead atoms. The highest BCUT2D eigenvalue weighted by molar-refractivity contribution is 5.97. The Hall–Kier alpha value is -2.15. The minimum atomic E-state index is -0.462. The maximum atomic E-state index is 12.5. The van der Waals surface area contributed by atoms with Crippen molar-refractivity contribution in [2.45, 2.75) is 13.8 Å². The monoisotopic (exact) mass is 295 g/mol. The van der Waals surface area contributed by atoms with Gasteiger partial charge >= 0.3 is 5.97 Å². The fourth-order valence-electron chi connectivity index (χ4n) is 1.75. The van der Waals surface area contributed by atoms with Crippen LogP contribution in [0, 0.1) is 6.92 Å². The Morgan fingerprint density at radius 2 is 2.14 bits per heavy atom. The zero-order valence-electron chi connectivity index (χ0n) is 12.6. The SMILES string of the molecule is CCOC(=O)CN(CCOC)C(=O)c1cc(N)cnc1C. The van der Waals surface area contributed by atoms with Crippen LogP contribution in [0.25, 0.3) is 0 Å². The van der Waals surface area contributed by atoms with Gasteiger partial charge in [-0.25, -0.2) is 0 Å². The van der Waals surface area contributed by atoms with E-state index in [4.69, 9.17) is 15.2 Å². The summed E-state index contributed by atoms with van der Waals surface area (Å²) in [6.45, 7) is 4.16. The second kappa shape index (κ2) is 8.21. The highest BCUT2D eigenvalue weighted by Crippen LogP contribution is 2.12. The molecule has 0 aliphatic rings. The average Bonchev–Trinajstić information content (AvgIpc) is 2.45. The number of nitrogens with zero attached hydrogens (tertiary/aromatic N) is 2. The van der Waals surface area contributed by atoms with Gasteiger partial charge in [0, 0.05) is 13.7 Å². The summed E-state index contributed by atoms with van der Waals surface area (Å²) in [5, 5.41) is 0. The number of ether oxygens (including phenoxy) is 2. The number of nitrogens with two attached hydrogens (primary N) is 1. The van der Waals surface area contributed by atoms with Crippen molar-refractivity contribution in [3.05, 3.63) is 23.5 Å². The molecule has 0 aliphatic heterocycles. The number of amides is 1. The largest absolute Gasteiger partial charge is 0.465 e. The number of carbonyl (C=O) groups is 2. The van der Waals surface area contributed by atoms with E-state index in [1.807, 2.05) is 0 Å². The first-order chi connectivity index (χ1) is 9.99. The standard InChI is InChI=1S/C14H21N3O4/c1-4-21-13(18)9-17(5-6-20-3)14(19)12-7-11(15)8-16-10(12)2/h7-8H,4-6,9,15H2,1-3H3. The van der Waals surface area contributed by atoms with Gasteiger partial charge in [0.25, 0.3) is 5.91 Å². The number of hydrogen-bond acceptors (Lipinski definition) is 6. The number of hydrogen-bond donors (Lipinski definition) is 1. The van der Waals surface area contributed by atoms with Crippen molar-refractivity contribution in [1.82, 2.24) is 9.88 Å². The maximum absolute atomic E-state index is 12.5. The van der Waals surface area contributed by atoms with E-state index >= 15 is 0 Å². The van der Waals surface area contributed by atoms with Gasteiger partial charge in [0.05, 0.1) is 36.4 Å². The van der Waals surface area contributed by atoms with E-state index in [1.54, 1.807) is 19.9 Å². The number of carbonyl (C=O) groups excluding carboxylic acids is 2. The zero-order valence-corrected chi connectivity index (χ0v) is 12.6. The summed E-state index contributed by atoms with van der Waals surface area (Å²) in [4.78, 5) is 29.6. The van der Waals surface area contributed by atoms with Crippen LogP contribution in [0.1, 0.15) is 23.0 Å². The second-order valence-electron chi connectivity index (χ2n) is 4.43. The molecule has 0 radical (unpaired) electrons. The molecule has 7 nitrogen and oxygen atoms in total. The normalized spacial score (nSPS) is 10.2. The van der Waals surface area contributed by atoms with Crippen LogP contribution in [0.15, 0.2) is 12.3 Å². The Morgan fingerprint density at radius 1 is 1.43 bits per heavy atom. The van der Waals surface area contributed by atoms with Gasteiger partial charge in [-0.1, -0.05) is 0 Å². The molecule has 1 aromatic rings. The molecular formula is C14H21N3O4. The first-order valence-electron chi connectivity index (χ1n) is 6.65. The van der Waals surface area contributed by atoms with Crippen molar-refractivity contribution in [1.29, 1.82) is 0 Å². The van der Waals surface area contributed by atoms with E-state index < -0.39 is 5.97 Å². The maximum Gasteiger partial charge on any atom is 0.325 e. The number of rotatable bonds is 7. The van der Waals surface area contributed by atoms with Gasteiger partial charge in [0.15, 0.2) is 0 Å². The van der Waals surface area contributed by atoms with E-state index in [1.165, 1.54) is 18.2 Å². The molecule has 1 heterocycles. The smallest absolute Gasteiger partial charge is 0.325 e. The Morgan fingerprint density at radius 3 is 2.76 bits per heavy atom. The average molecular weight is 295 g/mol. The molecule has 7 heteroatoms. The van der Waals surface area contributed by atoms with Crippen molar-refractivity contribution in [2.24, 2.45) is 0 Å². The van der Waals surface area contributed by atoms with Crippen LogP contribution in [-0.4, -0.2) is 55.2 Å². The third-order valence-electron chi connectivity index (χ3n) is 2.82. The fourth-order valence-corrected chi connectivity index (χ4v) is 1.75. The molecule has 0 aromatic carbocycles. The van der Waals surface area contributed by atoms with E-state index in [2.05, 4.69) is 4.98 Å². The highest BCUT2D eigenvalue weighted by atomic mass is 16.5. The van der Waals surface area contributed by atoms with Crippen molar-refractivity contribution < 1.29 is 19.1 Å². The molecule has 1 amide bonds. The van der Waals surface area contributed by atoms with E-state index in [0.717, 1.165) is 0 Å². The minimum Gasteiger partial charge on any atom is -0.465 e. The number of pyridine rings is 1. The number of nitrogen functional groups attached to an aromatic ring is 1. The predicted molar refractivity (Wildman–Crippen MR) is 77.8 cm³/mol. The first-order valence-corrected chi connectivity index (χ1v) is 6.65. The topological polar surface area (TPSA) is 94.8 Å². The summed E-state index contributed by atoms with van der Waals surface area (Å²) in [6, 6.07) is 1.55. The molecule has 116 valence electrons. The molecule has 21 heavy (non-hydrogen) atoms. The molecule has 0 unspecified atom stereocenters. The fraction of sp³-hybridized carbons (Fsp3) is 0.500. The zero-order chi connectivity index (χ0) is 15.8. The van der Waals surface area contributed by atoms with Gasteiger partial charge in [0.1, 0.15) is 6.54 Å². The Kier molecular flexibility index (Phi) is 6.61. The van der Waals surface area contributed by atoms with Crippen molar-refractivity contribution in [3.63, 3.8) is 0 Å². The number of anilines is 1. The van der Waals surface area contributed by atoms with Crippen LogP contribution in [0.3, 0.4) is 0 Å². The molecular weight excluding hydrogens is 274 g/mol. The van der Waals surface area contributed by atoms with Gasteiger partial charge in [-0.15, -0.1) is 0 Å². The molecule has 0 spiro atoms. The van der Waals surface area contributed by atoms with Gasteiger partial charge < -0.3 is 20.1 Å². The third-order valence-corrected chi connectivity index (χ3v) is 2.82. The highest BCUT2D eigenvalue weighted by Gasteiger charge is 2.21. The van der Waals surface area contributed by atoms with E-state index in [0.29, 0.717) is 23.6 Å². The number of esters is 1. The predicted octanol–water partition coefficient (Wildman–Crippen LogP) is 0.624. The van der Waals surface area contributed by atoms with Gasteiger partial charge in [0.2, 0.25) is 0 Å². The van der Waals surface area contributed by atoms with Crippen LogP contribution in [0.4, 0.5) is 5.69 Å². The lowest BCUT2D eigenvalue weighted by Gasteiger charge is -2.22. The van der Waals surface area contributed by atoms with E-state index in [9.17, 15) is 9.59 Å². The third kappa shape index (κ3) is 5.03. The molecule has 1 aromatic heterocycles. The van der Waals surface area contributed by atoms with Gasteiger partial charge in [-0.05, 0) is 19.9 Å². The second-order valence-corrected chi connectivity index (χ2v) is 4.43. The number of methoxy groups -OCH3 is 1. The minimum absolute atomic E-state index is 0.135. The molecule has 0 fully saturated rings. The lowest BCUT2D eigenvalue weighted by molar-refractivity contribution is -0.143. The lowest BCUT2D eigenvalue weighted by atomic mass is 10.1. The first kappa shape index (κ1) is 16.9. The van der Waals surface area contributed by atoms with Crippen molar-refractivity contribution >= 4 is 17.6 Å². The molecule has 0 saturated heterocycles. The van der Waals surface area contributed by atoms with Crippen LogP contribution < -0.4 is 5.73 Å².